The monoisotopic (exact) mass is 380 g/mol. The molecular formula is C20H17ClN4O2. The molecule has 0 radical (unpaired) electrons. The lowest BCUT2D eigenvalue weighted by molar-refractivity contribution is 0.0796. The van der Waals surface area contributed by atoms with Crippen LogP contribution in [0.1, 0.15) is 16.2 Å². The van der Waals surface area contributed by atoms with Crippen molar-refractivity contribution in [2.45, 2.75) is 6.42 Å². The van der Waals surface area contributed by atoms with Crippen molar-refractivity contribution in [2.75, 3.05) is 13.6 Å². The first-order chi connectivity index (χ1) is 13.1. The summed E-state index contributed by atoms with van der Waals surface area (Å²) in [5.41, 5.74) is 2.27. The van der Waals surface area contributed by atoms with Crippen molar-refractivity contribution in [3.63, 3.8) is 0 Å². The number of amides is 1. The van der Waals surface area contributed by atoms with E-state index in [2.05, 4.69) is 15.1 Å². The largest absolute Gasteiger partial charge is 0.351 e. The third kappa shape index (κ3) is 3.57. The van der Waals surface area contributed by atoms with Crippen LogP contribution in [0.15, 0.2) is 59.1 Å². The molecule has 0 bridgehead atoms. The van der Waals surface area contributed by atoms with Gasteiger partial charge < -0.3 is 14.4 Å². The topological polar surface area (TPSA) is 75.0 Å². The predicted molar refractivity (Wildman–Crippen MR) is 104 cm³/mol. The number of halogens is 1. The third-order valence-electron chi connectivity index (χ3n) is 4.35. The summed E-state index contributed by atoms with van der Waals surface area (Å²) in [6, 6.07) is 16.9. The van der Waals surface area contributed by atoms with Crippen LogP contribution >= 0.6 is 11.6 Å². The predicted octanol–water partition coefficient (Wildman–Crippen LogP) is 4.19. The number of hydrogen-bond acceptors (Lipinski definition) is 4. The SMILES string of the molecule is CN(CCc1noc(-c2cc3ccccc3[nH]2)n1)C(=O)c1ccccc1Cl. The number of nitrogens with zero attached hydrogens (tertiary/aromatic N) is 3. The Bertz CT molecular complexity index is 1070. The first-order valence-corrected chi connectivity index (χ1v) is 8.90. The summed E-state index contributed by atoms with van der Waals surface area (Å²) < 4.78 is 5.36. The molecule has 0 unspecified atom stereocenters. The standard InChI is InChI=1S/C20H17ClN4O2/c1-25(20(26)14-7-3-4-8-15(14)21)11-10-18-23-19(27-24-18)17-12-13-6-2-5-9-16(13)22-17/h2-9,12,22H,10-11H2,1H3. The van der Waals surface area contributed by atoms with Crippen LogP contribution in [-0.2, 0) is 6.42 Å². The minimum absolute atomic E-state index is 0.139. The lowest BCUT2D eigenvalue weighted by atomic mass is 10.2. The van der Waals surface area contributed by atoms with Crippen molar-refractivity contribution in [3.05, 3.63) is 71.0 Å². The van der Waals surface area contributed by atoms with E-state index < -0.39 is 0 Å². The van der Waals surface area contributed by atoms with Crippen LogP contribution in [0, 0.1) is 0 Å². The Kier molecular flexibility index (Phi) is 4.64. The molecule has 0 aliphatic rings. The molecule has 1 amide bonds. The van der Waals surface area contributed by atoms with Gasteiger partial charge in [0.05, 0.1) is 10.6 Å². The number of hydrogen-bond donors (Lipinski definition) is 1. The first-order valence-electron chi connectivity index (χ1n) is 8.52. The van der Waals surface area contributed by atoms with Gasteiger partial charge in [0, 0.05) is 30.9 Å². The summed E-state index contributed by atoms with van der Waals surface area (Å²) in [5, 5.41) is 5.53. The van der Waals surface area contributed by atoms with Gasteiger partial charge in [0.25, 0.3) is 11.8 Å². The number of benzene rings is 2. The highest BCUT2D eigenvalue weighted by Crippen LogP contribution is 2.22. The number of likely N-dealkylation sites (N-methyl/N-ethyl adjacent to an activating group) is 1. The normalized spacial score (nSPS) is 11.0. The van der Waals surface area contributed by atoms with E-state index in [4.69, 9.17) is 16.1 Å². The molecule has 2 aromatic heterocycles. The molecule has 7 heteroatoms. The average Bonchev–Trinajstić information content (AvgIpc) is 3.32. The van der Waals surface area contributed by atoms with Gasteiger partial charge in [-0.15, -0.1) is 0 Å². The molecule has 0 fully saturated rings. The minimum atomic E-state index is -0.139. The Morgan fingerprint density at radius 3 is 2.78 bits per heavy atom. The van der Waals surface area contributed by atoms with Crippen molar-refractivity contribution < 1.29 is 9.32 Å². The number of aromatic nitrogens is 3. The lowest BCUT2D eigenvalue weighted by Gasteiger charge is -2.16. The van der Waals surface area contributed by atoms with E-state index in [1.165, 1.54) is 0 Å². The summed E-state index contributed by atoms with van der Waals surface area (Å²) in [7, 11) is 1.73. The second kappa shape index (κ2) is 7.25. The summed E-state index contributed by atoms with van der Waals surface area (Å²) in [6.07, 6.45) is 0.483. The van der Waals surface area contributed by atoms with Crippen molar-refractivity contribution in [3.8, 4) is 11.6 Å². The summed E-state index contributed by atoms with van der Waals surface area (Å²) in [4.78, 5) is 21.8. The molecule has 27 heavy (non-hydrogen) atoms. The van der Waals surface area contributed by atoms with Gasteiger partial charge in [-0.25, -0.2) is 0 Å². The van der Waals surface area contributed by atoms with Crippen LogP contribution in [0.2, 0.25) is 5.02 Å². The van der Waals surface area contributed by atoms with E-state index in [-0.39, 0.29) is 5.91 Å². The Balaban J connectivity index is 1.43. The minimum Gasteiger partial charge on any atom is -0.351 e. The van der Waals surface area contributed by atoms with Crippen molar-refractivity contribution in [1.29, 1.82) is 0 Å². The van der Waals surface area contributed by atoms with E-state index in [0.29, 0.717) is 35.3 Å². The molecule has 4 rings (SSSR count). The Hall–Kier alpha value is -3.12. The number of para-hydroxylation sites is 1. The van der Waals surface area contributed by atoms with Crippen molar-refractivity contribution >= 4 is 28.4 Å². The number of nitrogens with one attached hydrogen (secondary N) is 1. The summed E-state index contributed by atoms with van der Waals surface area (Å²) in [5.74, 6) is 0.837. The molecule has 4 aromatic rings. The fourth-order valence-corrected chi connectivity index (χ4v) is 3.08. The number of carbonyl (C=O) groups excluding carboxylic acids is 1. The molecule has 0 spiro atoms. The van der Waals surface area contributed by atoms with E-state index in [0.717, 1.165) is 16.6 Å². The molecule has 1 N–H and O–H groups in total. The Morgan fingerprint density at radius 1 is 1.19 bits per heavy atom. The maximum atomic E-state index is 12.5. The van der Waals surface area contributed by atoms with Gasteiger partial charge in [-0.1, -0.05) is 47.1 Å². The van der Waals surface area contributed by atoms with Crippen LogP contribution in [0.5, 0.6) is 0 Å². The van der Waals surface area contributed by atoms with Crippen LogP contribution < -0.4 is 0 Å². The van der Waals surface area contributed by atoms with Crippen LogP contribution in [0.4, 0.5) is 0 Å². The number of H-pyrrole nitrogens is 1. The molecule has 0 saturated carbocycles. The highest BCUT2D eigenvalue weighted by molar-refractivity contribution is 6.33. The molecular weight excluding hydrogens is 364 g/mol. The molecule has 136 valence electrons. The maximum absolute atomic E-state index is 12.5. The molecule has 0 aliphatic heterocycles. The third-order valence-corrected chi connectivity index (χ3v) is 4.68. The molecule has 0 aliphatic carbocycles. The Labute approximate surface area is 160 Å². The van der Waals surface area contributed by atoms with E-state index >= 15 is 0 Å². The van der Waals surface area contributed by atoms with Gasteiger partial charge in [0.2, 0.25) is 0 Å². The summed E-state index contributed by atoms with van der Waals surface area (Å²) in [6.45, 7) is 0.454. The van der Waals surface area contributed by atoms with Gasteiger partial charge in [-0.3, -0.25) is 4.79 Å². The molecule has 0 atom stereocenters. The van der Waals surface area contributed by atoms with E-state index in [1.807, 2.05) is 30.3 Å². The quantitative estimate of drug-likeness (QED) is 0.563. The number of fused-ring (bicyclic) bond motifs is 1. The zero-order chi connectivity index (χ0) is 18.8. The van der Waals surface area contributed by atoms with Crippen molar-refractivity contribution in [2.24, 2.45) is 0 Å². The summed E-state index contributed by atoms with van der Waals surface area (Å²) >= 11 is 6.09. The van der Waals surface area contributed by atoms with Crippen LogP contribution in [0.3, 0.4) is 0 Å². The smallest absolute Gasteiger partial charge is 0.274 e. The van der Waals surface area contributed by atoms with Gasteiger partial charge in [0.1, 0.15) is 5.69 Å². The highest BCUT2D eigenvalue weighted by Gasteiger charge is 2.16. The number of aromatic amines is 1. The second-order valence-corrected chi connectivity index (χ2v) is 6.65. The van der Waals surface area contributed by atoms with Gasteiger partial charge in [-0.05, 0) is 24.3 Å². The fourth-order valence-electron chi connectivity index (χ4n) is 2.86. The van der Waals surface area contributed by atoms with E-state index in [1.54, 1.807) is 36.2 Å². The first kappa shape index (κ1) is 17.3. The van der Waals surface area contributed by atoms with Gasteiger partial charge in [0.15, 0.2) is 5.82 Å². The maximum Gasteiger partial charge on any atom is 0.274 e. The van der Waals surface area contributed by atoms with Crippen LogP contribution in [-0.4, -0.2) is 39.5 Å². The second-order valence-electron chi connectivity index (χ2n) is 6.24. The van der Waals surface area contributed by atoms with E-state index in [9.17, 15) is 4.79 Å². The zero-order valence-electron chi connectivity index (χ0n) is 14.6. The van der Waals surface area contributed by atoms with Gasteiger partial charge >= 0.3 is 0 Å². The Morgan fingerprint density at radius 2 is 1.96 bits per heavy atom. The molecule has 6 nitrogen and oxygen atoms in total. The fraction of sp³-hybridized carbons (Fsp3) is 0.150. The highest BCUT2D eigenvalue weighted by atomic mass is 35.5. The van der Waals surface area contributed by atoms with Crippen LogP contribution in [0.25, 0.3) is 22.5 Å². The molecule has 2 aromatic carbocycles. The zero-order valence-corrected chi connectivity index (χ0v) is 15.4. The number of carbonyl (C=O) groups is 1. The number of rotatable bonds is 5. The molecule has 2 heterocycles. The molecule has 0 saturated heterocycles. The van der Waals surface area contributed by atoms with Crippen molar-refractivity contribution in [1.82, 2.24) is 20.0 Å². The van der Waals surface area contributed by atoms with Gasteiger partial charge in [-0.2, -0.15) is 4.98 Å². The lowest BCUT2D eigenvalue weighted by Crippen LogP contribution is -2.29. The average molecular weight is 381 g/mol.